The summed E-state index contributed by atoms with van der Waals surface area (Å²) in [6.45, 7) is 3.74. The smallest absolute Gasteiger partial charge is 0.260 e. The SMILES string of the molecule is Cc1c(Cl)ccc2sc(N(CC3CCCO3)C(=O)c3ccc(S(=O)(=O)N4CCc5ccccc5C4)cc3)nc12. The number of hydrogen-bond donors (Lipinski definition) is 0. The van der Waals surface area contributed by atoms with Crippen LogP contribution in [0.1, 0.15) is 39.9 Å². The fourth-order valence-corrected chi connectivity index (χ4v) is 7.80. The van der Waals surface area contributed by atoms with E-state index in [1.165, 1.54) is 33.3 Å². The van der Waals surface area contributed by atoms with Crippen molar-refractivity contribution in [1.29, 1.82) is 0 Å². The van der Waals surface area contributed by atoms with Crippen LogP contribution in [-0.2, 0) is 27.7 Å². The van der Waals surface area contributed by atoms with Gasteiger partial charge in [0.1, 0.15) is 0 Å². The molecule has 2 aliphatic rings. The van der Waals surface area contributed by atoms with Crippen LogP contribution in [0.3, 0.4) is 0 Å². The molecule has 1 atom stereocenters. The molecule has 6 rings (SSSR count). The first-order chi connectivity index (χ1) is 18.8. The predicted molar refractivity (Wildman–Crippen MR) is 154 cm³/mol. The van der Waals surface area contributed by atoms with E-state index in [0.29, 0.717) is 48.4 Å². The number of amides is 1. The maximum Gasteiger partial charge on any atom is 0.260 e. The number of rotatable bonds is 6. The normalized spacial score (nSPS) is 17.8. The van der Waals surface area contributed by atoms with Gasteiger partial charge in [-0.15, -0.1) is 0 Å². The molecule has 3 heterocycles. The summed E-state index contributed by atoms with van der Waals surface area (Å²) in [7, 11) is -3.70. The Hall–Kier alpha value is -2.82. The highest BCUT2D eigenvalue weighted by Crippen LogP contribution is 2.35. The molecule has 7 nitrogen and oxygen atoms in total. The van der Waals surface area contributed by atoms with Crippen LogP contribution in [0.2, 0.25) is 5.02 Å². The van der Waals surface area contributed by atoms with Crippen molar-refractivity contribution in [2.24, 2.45) is 0 Å². The molecule has 1 saturated heterocycles. The van der Waals surface area contributed by atoms with Crippen molar-refractivity contribution in [2.75, 3.05) is 24.6 Å². The van der Waals surface area contributed by atoms with Crippen molar-refractivity contribution >= 4 is 54.2 Å². The van der Waals surface area contributed by atoms with Crippen molar-refractivity contribution in [3.05, 3.63) is 87.9 Å². The number of fused-ring (bicyclic) bond motifs is 2. The van der Waals surface area contributed by atoms with Crippen molar-refractivity contribution < 1.29 is 17.9 Å². The summed E-state index contributed by atoms with van der Waals surface area (Å²) in [5, 5.41) is 1.20. The number of ether oxygens (including phenoxy) is 1. The Morgan fingerprint density at radius 1 is 1.13 bits per heavy atom. The summed E-state index contributed by atoms with van der Waals surface area (Å²) in [5.74, 6) is -0.246. The zero-order valence-electron chi connectivity index (χ0n) is 21.5. The van der Waals surface area contributed by atoms with Crippen LogP contribution < -0.4 is 4.90 Å². The number of aryl methyl sites for hydroxylation is 1. The lowest BCUT2D eigenvalue weighted by Gasteiger charge is -2.28. The van der Waals surface area contributed by atoms with Crippen LogP contribution in [-0.4, -0.2) is 49.4 Å². The third-order valence-corrected chi connectivity index (χ3v) is 10.8. The second-order valence-electron chi connectivity index (χ2n) is 9.95. The molecule has 1 amide bonds. The van der Waals surface area contributed by atoms with Gasteiger partial charge in [-0.2, -0.15) is 4.31 Å². The minimum absolute atomic E-state index is 0.0766. The summed E-state index contributed by atoms with van der Waals surface area (Å²) in [6, 6.07) is 17.9. The lowest BCUT2D eigenvalue weighted by atomic mass is 10.0. The average molecular weight is 582 g/mol. The average Bonchev–Trinajstić information content (AvgIpc) is 3.63. The Balaban J connectivity index is 1.28. The van der Waals surface area contributed by atoms with E-state index in [4.69, 9.17) is 21.3 Å². The van der Waals surface area contributed by atoms with Crippen molar-refractivity contribution in [2.45, 2.75) is 43.7 Å². The quantitative estimate of drug-likeness (QED) is 0.286. The first-order valence-electron chi connectivity index (χ1n) is 13.0. The van der Waals surface area contributed by atoms with E-state index in [1.54, 1.807) is 17.0 Å². The monoisotopic (exact) mass is 581 g/mol. The van der Waals surface area contributed by atoms with Crippen LogP contribution in [0, 0.1) is 6.92 Å². The topological polar surface area (TPSA) is 79.8 Å². The standard InChI is InChI=1S/C29H28ClN3O4S2/c1-19-25(30)12-13-26-27(19)31-29(38-26)33(18-23-7-4-16-37-23)28(34)21-8-10-24(11-9-21)39(35,36)32-15-14-20-5-2-3-6-22(20)17-32/h2-3,5-6,8-13,23H,4,7,14-18H2,1H3. The molecule has 0 saturated carbocycles. The Morgan fingerprint density at radius 3 is 2.64 bits per heavy atom. The lowest BCUT2D eigenvalue weighted by Crippen LogP contribution is -2.37. The van der Waals surface area contributed by atoms with E-state index in [1.807, 2.05) is 43.3 Å². The van der Waals surface area contributed by atoms with E-state index in [-0.39, 0.29) is 16.9 Å². The predicted octanol–water partition coefficient (Wildman–Crippen LogP) is 5.83. The molecular weight excluding hydrogens is 554 g/mol. The Labute approximate surface area is 237 Å². The summed E-state index contributed by atoms with van der Waals surface area (Å²) in [4.78, 5) is 20.4. The maximum atomic E-state index is 13.8. The summed E-state index contributed by atoms with van der Waals surface area (Å²) in [5.41, 5.74) is 4.25. The molecule has 3 aromatic carbocycles. The van der Waals surface area contributed by atoms with Gasteiger partial charge >= 0.3 is 0 Å². The minimum atomic E-state index is -3.70. The minimum Gasteiger partial charge on any atom is -0.376 e. The third kappa shape index (κ3) is 5.10. The molecule has 1 unspecified atom stereocenters. The number of halogens is 1. The molecule has 10 heteroatoms. The molecule has 0 bridgehead atoms. The van der Waals surface area contributed by atoms with Crippen LogP contribution >= 0.6 is 22.9 Å². The van der Waals surface area contributed by atoms with Gasteiger partial charge in [0.2, 0.25) is 10.0 Å². The Kier molecular flexibility index (Phi) is 7.20. The molecule has 39 heavy (non-hydrogen) atoms. The first-order valence-corrected chi connectivity index (χ1v) is 15.6. The van der Waals surface area contributed by atoms with Crippen LogP contribution in [0.4, 0.5) is 5.13 Å². The lowest BCUT2D eigenvalue weighted by molar-refractivity contribution is 0.0917. The number of sulfonamides is 1. The molecule has 1 aromatic heterocycles. The number of nitrogens with zero attached hydrogens (tertiary/aromatic N) is 3. The van der Waals surface area contributed by atoms with Gasteiger partial charge in [0.15, 0.2) is 5.13 Å². The molecular formula is C29H28ClN3O4S2. The van der Waals surface area contributed by atoms with Gasteiger partial charge in [-0.25, -0.2) is 13.4 Å². The molecule has 4 aromatic rings. The number of carbonyl (C=O) groups is 1. The summed E-state index contributed by atoms with van der Waals surface area (Å²) < 4.78 is 35.1. The fourth-order valence-electron chi connectivity index (χ4n) is 5.19. The molecule has 202 valence electrons. The number of hydrogen-bond acceptors (Lipinski definition) is 6. The largest absolute Gasteiger partial charge is 0.376 e. The van der Waals surface area contributed by atoms with Gasteiger partial charge in [-0.1, -0.05) is 47.2 Å². The fraction of sp³-hybridized carbons (Fsp3) is 0.310. The summed E-state index contributed by atoms with van der Waals surface area (Å²) >= 11 is 7.75. The highest BCUT2D eigenvalue weighted by atomic mass is 35.5. The summed E-state index contributed by atoms with van der Waals surface area (Å²) in [6.07, 6.45) is 2.42. The molecule has 1 fully saturated rings. The van der Waals surface area contributed by atoms with Crippen molar-refractivity contribution in [1.82, 2.24) is 9.29 Å². The van der Waals surface area contributed by atoms with Gasteiger partial charge in [0, 0.05) is 30.3 Å². The zero-order chi connectivity index (χ0) is 27.1. The van der Waals surface area contributed by atoms with Gasteiger partial charge in [-0.05, 0) is 79.3 Å². The van der Waals surface area contributed by atoms with Crippen molar-refractivity contribution in [3.8, 4) is 0 Å². The number of thiazole rings is 1. The van der Waals surface area contributed by atoms with E-state index >= 15 is 0 Å². The van der Waals surface area contributed by atoms with Gasteiger partial charge < -0.3 is 4.74 Å². The number of aromatic nitrogens is 1. The Bertz CT molecular complexity index is 1650. The second kappa shape index (κ2) is 10.6. The van der Waals surface area contributed by atoms with E-state index < -0.39 is 10.0 Å². The van der Waals surface area contributed by atoms with Crippen LogP contribution in [0.15, 0.2) is 65.6 Å². The van der Waals surface area contributed by atoms with E-state index in [0.717, 1.165) is 34.2 Å². The second-order valence-corrected chi connectivity index (χ2v) is 13.3. The number of anilines is 1. The van der Waals surface area contributed by atoms with E-state index in [2.05, 4.69) is 0 Å². The third-order valence-electron chi connectivity index (χ3n) is 7.46. The zero-order valence-corrected chi connectivity index (χ0v) is 23.9. The van der Waals surface area contributed by atoms with Gasteiger partial charge in [-0.3, -0.25) is 9.69 Å². The highest BCUT2D eigenvalue weighted by Gasteiger charge is 2.30. The van der Waals surface area contributed by atoms with Gasteiger partial charge in [0.25, 0.3) is 5.91 Å². The maximum absolute atomic E-state index is 13.8. The first kappa shape index (κ1) is 26.4. The molecule has 0 N–H and O–H groups in total. The van der Waals surface area contributed by atoms with Crippen LogP contribution in [0.5, 0.6) is 0 Å². The Morgan fingerprint density at radius 2 is 1.90 bits per heavy atom. The number of carbonyl (C=O) groups excluding carboxylic acids is 1. The molecule has 0 aliphatic carbocycles. The van der Waals surface area contributed by atoms with E-state index in [9.17, 15) is 13.2 Å². The van der Waals surface area contributed by atoms with Crippen molar-refractivity contribution in [3.63, 3.8) is 0 Å². The molecule has 2 aliphatic heterocycles. The molecule has 0 radical (unpaired) electrons. The number of benzene rings is 3. The van der Waals surface area contributed by atoms with Crippen LogP contribution in [0.25, 0.3) is 10.2 Å². The van der Waals surface area contributed by atoms with Gasteiger partial charge in [0.05, 0.1) is 27.8 Å². The highest BCUT2D eigenvalue weighted by molar-refractivity contribution is 7.89. The molecule has 0 spiro atoms.